The second-order valence-corrected chi connectivity index (χ2v) is 5.91. The molecule has 0 fully saturated rings. The Morgan fingerprint density at radius 3 is 2.67 bits per heavy atom. The average Bonchev–Trinajstić information content (AvgIpc) is 2.86. The molecule has 5 nitrogen and oxygen atoms in total. The fourth-order valence-electron chi connectivity index (χ4n) is 1.99. The third-order valence-electron chi connectivity index (χ3n) is 3.19. The molecule has 0 unspecified atom stereocenters. The normalized spacial score (nSPS) is 11.8. The van der Waals surface area contributed by atoms with E-state index in [1.807, 2.05) is 6.07 Å². The van der Waals surface area contributed by atoms with Gasteiger partial charge in [-0.05, 0) is 18.2 Å². The third-order valence-corrected chi connectivity index (χ3v) is 3.19. The van der Waals surface area contributed by atoms with E-state index in [0.717, 1.165) is 11.2 Å². The van der Waals surface area contributed by atoms with E-state index in [-0.39, 0.29) is 11.2 Å². The van der Waals surface area contributed by atoms with Crippen molar-refractivity contribution < 1.29 is 9.84 Å². The molecule has 0 saturated heterocycles. The number of aromatic nitrogens is 3. The van der Waals surface area contributed by atoms with Crippen molar-refractivity contribution >= 4 is 5.52 Å². The quantitative estimate of drug-likeness (QED) is 0.781. The second kappa shape index (κ2) is 4.77. The lowest BCUT2D eigenvalue weighted by Crippen LogP contribution is -2.11. The number of fused-ring (bicyclic) bond motifs is 1. The number of nitrogens with zero attached hydrogens (tertiary/aromatic N) is 3. The van der Waals surface area contributed by atoms with Gasteiger partial charge >= 0.3 is 0 Å². The van der Waals surface area contributed by atoms with Crippen molar-refractivity contribution in [3.8, 4) is 17.4 Å². The molecule has 108 valence electrons. The first kappa shape index (κ1) is 13.4. The fraction of sp³-hybridized carbons (Fsp3) is 0.250. The van der Waals surface area contributed by atoms with Crippen LogP contribution in [0.3, 0.4) is 0 Å². The SMILES string of the molecule is CC(C)(C)c1cc2c(Oc3ccccc3O)nccn2n1. The summed E-state index contributed by atoms with van der Waals surface area (Å²) in [5.74, 6) is 0.871. The Morgan fingerprint density at radius 2 is 1.95 bits per heavy atom. The summed E-state index contributed by atoms with van der Waals surface area (Å²) in [4.78, 5) is 4.24. The molecule has 21 heavy (non-hydrogen) atoms. The van der Waals surface area contributed by atoms with Gasteiger partial charge in [0.05, 0.1) is 5.69 Å². The van der Waals surface area contributed by atoms with Crippen molar-refractivity contribution in [3.63, 3.8) is 0 Å². The third kappa shape index (κ3) is 2.54. The van der Waals surface area contributed by atoms with E-state index in [2.05, 4.69) is 30.9 Å². The van der Waals surface area contributed by atoms with Gasteiger partial charge in [-0.3, -0.25) is 0 Å². The number of rotatable bonds is 2. The summed E-state index contributed by atoms with van der Waals surface area (Å²) in [7, 11) is 0. The smallest absolute Gasteiger partial charge is 0.245 e. The molecule has 0 aliphatic carbocycles. The maximum Gasteiger partial charge on any atom is 0.245 e. The predicted molar refractivity (Wildman–Crippen MR) is 79.9 cm³/mol. The first-order valence-corrected chi connectivity index (χ1v) is 6.76. The van der Waals surface area contributed by atoms with Crippen LogP contribution in [0.1, 0.15) is 26.5 Å². The summed E-state index contributed by atoms with van der Waals surface area (Å²) >= 11 is 0. The number of para-hydroxylation sites is 2. The molecule has 0 spiro atoms. The minimum Gasteiger partial charge on any atom is -0.504 e. The number of phenolic OH excluding ortho intramolecular Hbond substituents is 1. The van der Waals surface area contributed by atoms with E-state index in [9.17, 15) is 5.11 Å². The topological polar surface area (TPSA) is 59.7 Å². The average molecular weight is 283 g/mol. The van der Waals surface area contributed by atoms with Gasteiger partial charge in [-0.2, -0.15) is 5.10 Å². The van der Waals surface area contributed by atoms with Crippen LogP contribution in [0.2, 0.25) is 0 Å². The fourth-order valence-corrected chi connectivity index (χ4v) is 1.99. The van der Waals surface area contributed by atoms with Gasteiger partial charge in [0, 0.05) is 17.8 Å². The molecule has 2 aromatic heterocycles. The van der Waals surface area contributed by atoms with E-state index >= 15 is 0 Å². The molecule has 0 bridgehead atoms. The summed E-state index contributed by atoms with van der Waals surface area (Å²) in [6.07, 6.45) is 3.41. The van der Waals surface area contributed by atoms with Gasteiger partial charge in [0.15, 0.2) is 11.5 Å². The molecule has 1 aromatic carbocycles. The van der Waals surface area contributed by atoms with Crippen LogP contribution in [0.5, 0.6) is 17.4 Å². The monoisotopic (exact) mass is 283 g/mol. The summed E-state index contributed by atoms with van der Waals surface area (Å²) in [6, 6.07) is 8.77. The summed E-state index contributed by atoms with van der Waals surface area (Å²) in [5, 5.41) is 14.3. The van der Waals surface area contributed by atoms with Crippen molar-refractivity contribution in [2.45, 2.75) is 26.2 Å². The Hall–Kier alpha value is -2.56. The van der Waals surface area contributed by atoms with Crippen molar-refractivity contribution in [1.29, 1.82) is 0 Å². The molecule has 0 radical (unpaired) electrons. The minimum absolute atomic E-state index is 0.0574. The summed E-state index contributed by atoms with van der Waals surface area (Å²) in [6.45, 7) is 6.31. The Kier molecular flexibility index (Phi) is 3.05. The molecule has 1 N–H and O–H groups in total. The number of hydrogen-bond donors (Lipinski definition) is 1. The van der Waals surface area contributed by atoms with Crippen molar-refractivity contribution in [2.24, 2.45) is 0 Å². The Bertz CT molecular complexity index is 788. The zero-order valence-corrected chi connectivity index (χ0v) is 12.2. The highest BCUT2D eigenvalue weighted by Crippen LogP contribution is 2.32. The van der Waals surface area contributed by atoms with Crippen LogP contribution in [0.15, 0.2) is 42.7 Å². The molecule has 0 atom stereocenters. The second-order valence-electron chi connectivity index (χ2n) is 5.91. The highest BCUT2D eigenvalue weighted by molar-refractivity contribution is 5.59. The molecule has 0 saturated carbocycles. The number of hydrogen-bond acceptors (Lipinski definition) is 4. The molecule has 3 aromatic rings. The number of aromatic hydroxyl groups is 1. The molecule has 3 rings (SSSR count). The maximum atomic E-state index is 9.80. The van der Waals surface area contributed by atoms with Crippen molar-refractivity contribution in [1.82, 2.24) is 14.6 Å². The minimum atomic E-state index is -0.0574. The van der Waals surface area contributed by atoms with E-state index in [1.54, 1.807) is 41.2 Å². The van der Waals surface area contributed by atoms with Gasteiger partial charge in [0.2, 0.25) is 5.88 Å². The van der Waals surface area contributed by atoms with Crippen LogP contribution in [-0.2, 0) is 5.41 Å². The van der Waals surface area contributed by atoms with Crippen LogP contribution in [0.25, 0.3) is 5.52 Å². The van der Waals surface area contributed by atoms with E-state index in [0.29, 0.717) is 11.6 Å². The molecule has 0 amide bonds. The molecular weight excluding hydrogens is 266 g/mol. The zero-order valence-electron chi connectivity index (χ0n) is 12.2. The van der Waals surface area contributed by atoms with E-state index in [1.165, 1.54) is 0 Å². The molecule has 0 aliphatic heterocycles. The van der Waals surface area contributed by atoms with Gasteiger partial charge in [-0.1, -0.05) is 32.9 Å². The van der Waals surface area contributed by atoms with Crippen LogP contribution in [0.4, 0.5) is 0 Å². The Morgan fingerprint density at radius 1 is 1.19 bits per heavy atom. The van der Waals surface area contributed by atoms with E-state index < -0.39 is 0 Å². The first-order chi connectivity index (χ1) is 9.95. The zero-order chi connectivity index (χ0) is 15.0. The number of benzene rings is 1. The molecular formula is C16H17N3O2. The highest BCUT2D eigenvalue weighted by Gasteiger charge is 2.19. The van der Waals surface area contributed by atoms with Crippen molar-refractivity contribution in [3.05, 3.63) is 48.4 Å². The van der Waals surface area contributed by atoms with Gasteiger partial charge in [-0.25, -0.2) is 9.50 Å². The molecule has 0 aliphatic rings. The summed E-state index contributed by atoms with van der Waals surface area (Å²) < 4.78 is 7.47. The molecule has 5 heteroatoms. The first-order valence-electron chi connectivity index (χ1n) is 6.76. The van der Waals surface area contributed by atoms with Crippen LogP contribution < -0.4 is 4.74 Å². The molecule has 2 heterocycles. The lowest BCUT2D eigenvalue weighted by atomic mass is 9.92. The van der Waals surface area contributed by atoms with Crippen LogP contribution >= 0.6 is 0 Å². The van der Waals surface area contributed by atoms with Crippen LogP contribution in [0, 0.1) is 0 Å². The standard InChI is InChI=1S/C16H17N3O2/c1-16(2,3)14-10-11-15(17-8-9-19(11)18-14)21-13-7-5-4-6-12(13)20/h4-10,20H,1-3H3. The Balaban J connectivity index is 2.07. The van der Waals surface area contributed by atoms with E-state index in [4.69, 9.17) is 4.74 Å². The highest BCUT2D eigenvalue weighted by atomic mass is 16.5. The van der Waals surface area contributed by atoms with Gasteiger partial charge in [-0.15, -0.1) is 0 Å². The number of ether oxygens (including phenoxy) is 1. The predicted octanol–water partition coefficient (Wildman–Crippen LogP) is 3.52. The lowest BCUT2D eigenvalue weighted by molar-refractivity contribution is 0.404. The Labute approximate surface area is 122 Å². The van der Waals surface area contributed by atoms with Gasteiger partial charge in [0.1, 0.15) is 5.52 Å². The number of phenols is 1. The maximum absolute atomic E-state index is 9.80. The largest absolute Gasteiger partial charge is 0.504 e. The van der Waals surface area contributed by atoms with Gasteiger partial charge in [0.25, 0.3) is 0 Å². The van der Waals surface area contributed by atoms with Gasteiger partial charge < -0.3 is 9.84 Å². The van der Waals surface area contributed by atoms with Crippen LogP contribution in [-0.4, -0.2) is 19.7 Å². The summed E-state index contributed by atoms with van der Waals surface area (Å²) in [5.41, 5.74) is 1.67. The lowest BCUT2D eigenvalue weighted by Gasteiger charge is -2.13. The van der Waals surface area contributed by atoms with Crippen molar-refractivity contribution in [2.75, 3.05) is 0 Å².